The fraction of sp³-hybridized carbons (Fsp3) is 0.222. The van der Waals surface area contributed by atoms with E-state index in [1.165, 1.54) is 5.56 Å². The lowest BCUT2D eigenvalue weighted by molar-refractivity contribution is -0.116. The number of carbonyl (C=O) groups is 1. The van der Waals surface area contributed by atoms with Gasteiger partial charge in [-0.2, -0.15) is 0 Å². The van der Waals surface area contributed by atoms with Crippen LogP contribution in [-0.4, -0.2) is 22.7 Å². The molecule has 33 heavy (non-hydrogen) atoms. The third kappa shape index (κ3) is 5.86. The highest BCUT2D eigenvalue weighted by molar-refractivity contribution is 5.91. The number of hydrogen-bond donors (Lipinski definition) is 1. The Balaban J connectivity index is 1.33. The molecule has 1 heterocycles. The number of aromatic nitrogens is 2. The van der Waals surface area contributed by atoms with Crippen molar-refractivity contribution in [3.8, 4) is 28.7 Å². The minimum Gasteiger partial charge on any atom is -0.493 e. The van der Waals surface area contributed by atoms with Crippen LogP contribution in [0.5, 0.6) is 5.75 Å². The molecule has 0 radical (unpaired) electrons. The number of anilines is 1. The molecule has 4 rings (SSSR count). The SMILES string of the molecule is CC(C)(C)c1ccc(-c2nnc(-c3ccc(NC(=O)CCOc4ccccc4)cc3)o2)cc1. The van der Waals surface area contributed by atoms with Crippen LogP contribution in [-0.2, 0) is 10.2 Å². The van der Waals surface area contributed by atoms with Crippen LogP contribution < -0.4 is 10.1 Å². The van der Waals surface area contributed by atoms with Gasteiger partial charge in [-0.05, 0) is 59.5 Å². The Morgan fingerprint density at radius 3 is 2.00 bits per heavy atom. The van der Waals surface area contributed by atoms with E-state index in [0.717, 1.165) is 16.9 Å². The van der Waals surface area contributed by atoms with Crippen molar-refractivity contribution in [2.45, 2.75) is 32.6 Å². The van der Waals surface area contributed by atoms with Gasteiger partial charge >= 0.3 is 0 Å². The molecule has 1 aromatic heterocycles. The van der Waals surface area contributed by atoms with E-state index in [2.05, 4.69) is 48.4 Å². The van der Waals surface area contributed by atoms with Crippen LogP contribution in [0.3, 0.4) is 0 Å². The molecule has 0 aliphatic rings. The lowest BCUT2D eigenvalue weighted by Gasteiger charge is -2.18. The molecule has 1 amide bonds. The molecule has 6 heteroatoms. The standard InChI is InChI=1S/C27H27N3O3/c1-27(2,3)21-13-9-19(10-14-21)25-29-30-26(33-25)20-11-15-22(16-12-20)28-24(31)17-18-32-23-7-5-4-6-8-23/h4-16H,17-18H2,1-3H3,(H,28,31). The summed E-state index contributed by atoms with van der Waals surface area (Å²) < 4.78 is 11.4. The highest BCUT2D eigenvalue weighted by Gasteiger charge is 2.15. The maximum atomic E-state index is 12.2. The maximum absolute atomic E-state index is 12.2. The number of nitrogens with one attached hydrogen (secondary N) is 1. The summed E-state index contributed by atoms with van der Waals surface area (Å²) in [6.45, 7) is 6.85. The maximum Gasteiger partial charge on any atom is 0.248 e. The van der Waals surface area contributed by atoms with E-state index >= 15 is 0 Å². The Bertz CT molecular complexity index is 1190. The molecule has 3 aromatic carbocycles. The highest BCUT2D eigenvalue weighted by atomic mass is 16.5. The number of para-hydroxylation sites is 1. The van der Waals surface area contributed by atoms with Gasteiger partial charge in [-0.1, -0.05) is 51.1 Å². The number of nitrogens with zero attached hydrogens (tertiary/aromatic N) is 2. The largest absolute Gasteiger partial charge is 0.493 e. The Morgan fingerprint density at radius 2 is 1.42 bits per heavy atom. The van der Waals surface area contributed by atoms with Crippen LogP contribution >= 0.6 is 0 Å². The molecular formula is C27H27N3O3. The first-order valence-corrected chi connectivity index (χ1v) is 10.9. The zero-order chi connectivity index (χ0) is 23.3. The van der Waals surface area contributed by atoms with Gasteiger partial charge in [0.2, 0.25) is 17.7 Å². The average Bonchev–Trinajstić information content (AvgIpc) is 3.30. The van der Waals surface area contributed by atoms with Crippen LogP contribution in [0.25, 0.3) is 22.9 Å². The van der Waals surface area contributed by atoms with Crippen molar-refractivity contribution < 1.29 is 13.9 Å². The van der Waals surface area contributed by atoms with Crippen LogP contribution in [0.15, 0.2) is 83.3 Å². The zero-order valence-corrected chi connectivity index (χ0v) is 19.0. The van der Waals surface area contributed by atoms with Gasteiger partial charge in [0.25, 0.3) is 0 Å². The van der Waals surface area contributed by atoms with Crippen molar-refractivity contribution in [2.75, 3.05) is 11.9 Å². The third-order valence-corrected chi connectivity index (χ3v) is 5.18. The molecule has 0 spiro atoms. The number of carbonyl (C=O) groups excluding carboxylic acids is 1. The molecule has 0 saturated heterocycles. The third-order valence-electron chi connectivity index (χ3n) is 5.18. The van der Waals surface area contributed by atoms with E-state index in [0.29, 0.717) is 24.1 Å². The lowest BCUT2D eigenvalue weighted by Crippen LogP contribution is -2.15. The highest BCUT2D eigenvalue weighted by Crippen LogP contribution is 2.28. The molecule has 1 N–H and O–H groups in total. The Hall–Kier alpha value is -3.93. The molecule has 0 atom stereocenters. The van der Waals surface area contributed by atoms with Gasteiger partial charge < -0.3 is 14.5 Å². The van der Waals surface area contributed by atoms with Crippen molar-refractivity contribution >= 4 is 11.6 Å². The van der Waals surface area contributed by atoms with Crippen LogP contribution in [0.4, 0.5) is 5.69 Å². The summed E-state index contributed by atoms with van der Waals surface area (Å²) >= 11 is 0. The molecule has 6 nitrogen and oxygen atoms in total. The second kappa shape index (κ2) is 9.69. The van der Waals surface area contributed by atoms with E-state index in [4.69, 9.17) is 9.15 Å². The molecule has 0 aliphatic carbocycles. The summed E-state index contributed by atoms with van der Waals surface area (Å²) in [4.78, 5) is 12.2. The van der Waals surface area contributed by atoms with Gasteiger partial charge in [-0.3, -0.25) is 4.79 Å². The molecule has 0 unspecified atom stereocenters. The zero-order valence-electron chi connectivity index (χ0n) is 19.0. The monoisotopic (exact) mass is 441 g/mol. The fourth-order valence-corrected chi connectivity index (χ4v) is 3.27. The molecule has 0 saturated carbocycles. The van der Waals surface area contributed by atoms with Crippen molar-refractivity contribution in [3.05, 3.63) is 84.4 Å². The summed E-state index contributed by atoms with van der Waals surface area (Å²) in [5.41, 5.74) is 3.69. The van der Waals surface area contributed by atoms with E-state index in [1.54, 1.807) is 0 Å². The number of ether oxygens (including phenoxy) is 1. The van der Waals surface area contributed by atoms with E-state index in [9.17, 15) is 4.79 Å². The van der Waals surface area contributed by atoms with Gasteiger partial charge in [-0.25, -0.2) is 0 Å². The normalized spacial score (nSPS) is 11.2. The van der Waals surface area contributed by atoms with Crippen LogP contribution in [0, 0.1) is 0 Å². The predicted octanol–water partition coefficient (Wildman–Crippen LogP) is 6.11. The van der Waals surface area contributed by atoms with Crippen LogP contribution in [0.2, 0.25) is 0 Å². The Kier molecular flexibility index (Phi) is 6.54. The fourth-order valence-electron chi connectivity index (χ4n) is 3.27. The molecule has 168 valence electrons. The first-order chi connectivity index (χ1) is 15.9. The van der Waals surface area contributed by atoms with Gasteiger partial charge in [0.1, 0.15) is 5.75 Å². The lowest BCUT2D eigenvalue weighted by atomic mass is 9.87. The summed E-state index contributed by atoms with van der Waals surface area (Å²) in [6.07, 6.45) is 0.262. The molecule has 0 bridgehead atoms. The number of amides is 1. The topological polar surface area (TPSA) is 77.2 Å². The van der Waals surface area contributed by atoms with Gasteiger partial charge in [0, 0.05) is 16.8 Å². The summed E-state index contributed by atoms with van der Waals surface area (Å²) in [5.74, 6) is 1.54. The second-order valence-electron chi connectivity index (χ2n) is 8.78. The van der Waals surface area contributed by atoms with Crippen molar-refractivity contribution in [3.63, 3.8) is 0 Å². The van der Waals surface area contributed by atoms with Crippen molar-refractivity contribution in [2.24, 2.45) is 0 Å². The van der Waals surface area contributed by atoms with Gasteiger partial charge in [-0.15, -0.1) is 10.2 Å². The Morgan fingerprint density at radius 1 is 0.848 bits per heavy atom. The molecular weight excluding hydrogens is 414 g/mol. The van der Waals surface area contributed by atoms with Crippen molar-refractivity contribution in [1.82, 2.24) is 10.2 Å². The smallest absolute Gasteiger partial charge is 0.248 e. The number of hydrogen-bond acceptors (Lipinski definition) is 5. The number of benzene rings is 3. The van der Waals surface area contributed by atoms with Crippen molar-refractivity contribution in [1.29, 1.82) is 0 Å². The second-order valence-corrected chi connectivity index (χ2v) is 8.78. The predicted molar refractivity (Wildman–Crippen MR) is 129 cm³/mol. The quantitative estimate of drug-likeness (QED) is 0.374. The Labute approximate surface area is 193 Å². The summed E-state index contributed by atoms with van der Waals surface area (Å²) in [5, 5.41) is 11.2. The van der Waals surface area contributed by atoms with E-state index in [-0.39, 0.29) is 17.7 Å². The van der Waals surface area contributed by atoms with E-state index in [1.807, 2.05) is 66.7 Å². The molecule has 0 fully saturated rings. The van der Waals surface area contributed by atoms with Gasteiger partial charge in [0.15, 0.2) is 0 Å². The molecule has 0 aliphatic heterocycles. The molecule has 4 aromatic rings. The first-order valence-electron chi connectivity index (χ1n) is 10.9. The summed E-state index contributed by atoms with van der Waals surface area (Å²) in [6, 6.07) is 24.9. The average molecular weight is 442 g/mol. The van der Waals surface area contributed by atoms with Crippen LogP contribution in [0.1, 0.15) is 32.8 Å². The van der Waals surface area contributed by atoms with E-state index < -0.39 is 0 Å². The minimum absolute atomic E-state index is 0.0879. The van der Waals surface area contributed by atoms with Gasteiger partial charge in [0.05, 0.1) is 13.0 Å². The first kappa shape index (κ1) is 22.3. The minimum atomic E-state index is -0.113. The summed E-state index contributed by atoms with van der Waals surface area (Å²) in [7, 11) is 0. The number of rotatable bonds is 7.